The summed E-state index contributed by atoms with van der Waals surface area (Å²) in [4.78, 5) is 29.1. The van der Waals surface area contributed by atoms with Crippen LogP contribution in [0.15, 0.2) is 47.3 Å². The molecule has 0 spiro atoms. The second-order valence-corrected chi connectivity index (χ2v) is 8.01. The van der Waals surface area contributed by atoms with Crippen LogP contribution in [-0.2, 0) is 13.0 Å². The van der Waals surface area contributed by atoms with Crippen molar-refractivity contribution in [2.75, 3.05) is 0 Å². The van der Waals surface area contributed by atoms with Gasteiger partial charge in [0.25, 0.3) is 0 Å². The summed E-state index contributed by atoms with van der Waals surface area (Å²) in [7, 11) is 0. The van der Waals surface area contributed by atoms with E-state index in [2.05, 4.69) is 4.98 Å². The van der Waals surface area contributed by atoms with E-state index in [0.717, 1.165) is 0 Å². The van der Waals surface area contributed by atoms with Gasteiger partial charge in [-0.3, -0.25) is 4.79 Å². The van der Waals surface area contributed by atoms with Crippen LogP contribution in [0.1, 0.15) is 42.5 Å². The molecule has 0 saturated heterocycles. The molecule has 2 heterocycles. The van der Waals surface area contributed by atoms with Gasteiger partial charge in [-0.25, -0.2) is 9.78 Å². The van der Waals surface area contributed by atoms with Crippen molar-refractivity contribution in [2.24, 2.45) is 0 Å². The minimum atomic E-state index is -1.30. The Bertz CT molecular complexity index is 1190. The summed E-state index contributed by atoms with van der Waals surface area (Å²) in [5.41, 5.74) is 1.21. The van der Waals surface area contributed by atoms with Crippen molar-refractivity contribution in [1.82, 2.24) is 9.55 Å². The molecule has 0 bridgehead atoms. The Kier molecular flexibility index (Phi) is 7.03. The topological polar surface area (TPSA) is 81.4 Å². The summed E-state index contributed by atoms with van der Waals surface area (Å²) >= 11 is 12.4. The molecular weight excluding hydrogens is 439 g/mol. The number of hydrogen-bond acceptors (Lipinski definition) is 4. The summed E-state index contributed by atoms with van der Waals surface area (Å²) in [6.07, 6.45) is 0.249. The number of halogens is 2. The second kappa shape index (κ2) is 9.54. The molecule has 0 atom stereocenters. The number of ether oxygens (including phenoxy) is 1. The number of aromatic carboxylic acids is 1. The van der Waals surface area contributed by atoms with Crippen molar-refractivity contribution in [3.63, 3.8) is 0 Å². The van der Waals surface area contributed by atoms with Crippen LogP contribution in [0.5, 0.6) is 5.75 Å². The van der Waals surface area contributed by atoms with Crippen molar-refractivity contribution >= 4 is 29.2 Å². The van der Waals surface area contributed by atoms with E-state index < -0.39 is 11.4 Å². The number of rotatable bonds is 7. The maximum atomic E-state index is 12.8. The first-order valence-electron chi connectivity index (χ1n) is 9.79. The Hall–Kier alpha value is -2.83. The van der Waals surface area contributed by atoms with Gasteiger partial charge in [0, 0.05) is 36.0 Å². The molecular formula is C23H22Cl2N2O4. The third kappa shape index (κ3) is 5.09. The van der Waals surface area contributed by atoms with E-state index in [1.54, 1.807) is 41.0 Å². The summed E-state index contributed by atoms with van der Waals surface area (Å²) in [6.45, 7) is 6.09. The molecule has 6 nitrogen and oxygen atoms in total. The highest BCUT2D eigenvalue weighted by atomic mass is 35.5. The maximum absolute atomic E-state index is 12.8. The highest BCUT2D eigenvalue weighted by molar-refractivity contribution is 6.32. The smallest absolute Gasteiger partial charge is 0.341 e. The van der Waals surface area contributed by atoms with Gasteiger partial charge in [0.15, 0.2) is 5.43 Å². The van der Waals surface area contributed by atoms with Crippen molar-refractivity contribution in [3.8, 4) is 17.0 Å². The molecule has 2 aromatic heterocycles. The normalized spacial score (nSPS) is 11.0. The molecule has 3 rings (SSSR count). The molecule has 0 aliphatic heterocycles. The van der Waals surface area contributed by atoms with Crippen molar-refractivity contribution in [3.05, 3.63) is 79.8 Å². The summed E-state index contributed by atoms with van der Waals surface area (Å²) in [5, 5.41) is 10.5. The number of nitrogens with zero attached hydrogens (tertiary/aromatic N) is 2. The number of benzene rings is 1. The third-order valence-electron chi connectivity index (χ3n) is 4.63. The van der Waals surface area contributed by atoms with Crippen LogP contribution in [0.4, 0.5) is 0 Å². The fourth-order valence-corrected chi connectivity index (χ4v) is 3.85. The molecule has 1 aromatic carbocycles. The molecule has 3 aromatic rings. The van der Waals surface area contributed by atoms with E-state index >= 15 is 0 Å². The quantitative estimate of drug-likeness (QED) is 0.482. The van der Waals surface area contributed by atoms with Crippen molar-refractivity contribution in [1.29, 1.82) is 0 Å². The lowest BCUT2D eigenvalue weighted by atomic mass is 10.0. The van der Waals surface area contributed by atoms with Gasteiger partial charge in [0.2, 0.25) is 0 Å². The zero-order valence-electron chi connectivity index (χ0n) is 17.4. The summed E-state index contributed by atoms with van der Waals surface area (Å²) < 4.78 is 7.46. The van der Waals surface area contributed by atoms with Gasteiger partial charge in [-0.15, -0.1) is 0 Å². The SMILES string of the molecule is CCn1c(Cc2cccc(Cl)n2)cc(=O)c(C(=O)O)c1-c1ccc(OC(C)C)c(Cl)c1. The maximum Gasteiger partial charge on any atom is 0.341 e. The zero-order chi connectivity index (χ0) is 22.7. The van der Waals surface area contributed by atoms with E-state index in [9.17, 15) is 14.7 Å². The van der Waals surface area contributed by atoms with Gasteiger partial charge in [-0.05, 0) is 51.1 Å². The lowest BCUT2D eigenvalue weighted by molar-refractivity contribution is 0.0695. The largest absolute Gasteiger partial charge is 0.489 e. The Morgan fingerprint density at radius 2 is 1.94 bits per heavy atom. The summed E-state index contributed by atoms with van der Waals surface area (Å²) in [5.74, 6) is -0.810. The van der Waals surface area contributed by atoms with Gasteiger partial charge in [0.05, 0.1) is 16.8 Å². The van der Waals surface area contributed by atoms with E-state index in [1.807, 2.05) is 20.8 Å². The van der Waals surface area contributed by atoms with Crippen LogP contribution in [0.3, 0.4) is 0 Å². The lowest BCUT2D eigenvalue weighted by Crippen LogP contribution is -2.23. The van der Waals surface area contributed by atoms with Gasteiger partial charge >= 0.3 is 5.97 Å². The molecule has 0 aliphatic carbocycles. The van der Waals surface area contributed by atoms with Crippen LogP contribution < -0.4 is 10.2 Å². The van der Waals surface area contributed by atoms with E-state index in [-0.39, 0.29) is 17.4 Å². The molecule has 0 unspecified atom stereocenters. The Morgan fingerprint density at radius 3 is 2.52 bits per heavy atom. The number of carboxylic acids is 1. The van der Waals surface area contributed by atoms with Gasteiger partial charge in [0.1, 0.15) is 16.5 Å². The minimum Gasteiger partial charge on any atom is -0.489 e. The zero-order valence-corrected chi connectivity index (χ0v) is 18.9. The van der Waals surface area contributed by atoms with E-state index in [1.165, 1.54) is 6.07 Å². The summed E-state index contributed by atoms with van der Waals surface area (Å²) in [6, 6.07) is 11.6. The molecule has 8 heteroatoms. The number of pyridine rings is 2. The fourth-order valence-electron chi connectivity index (χ4n) is 3.44. The number of carboxylic acid groups (broad SMARTS) is 1. The Balaban J connectivity index is 2.22. The monoisotopic (exact) mass is 460 g/mol. The minimum absolute atomic E-state index is 0.0692. The standard InChI is InChI=1S/C23H22Cl2N2O4/c1-4-27-16(11-15-6-5-7-20(25)26-15)12-18(28)21(23(29)30)22(27)14-8-9-19(17(24)10-14)31-13(2)3/h5-10,12-13H,4,11H2,1-3H3,(H,29,30). The molecule has 0 radical (unpaired) electrons. The van der Waals surface area contributed by atoms with Crippen molar-refractivity contribution in [2.45, 2.75) is 39.8 Å². The van der Waals surface area contributed by atoms with Gasteiger partial charge < -0.3 is 14.4 Å². The van der Waals surface area contributed by atoms with Crippen LogP contribution in [0, 0.1) is 0 Å². The van der Waals surface area contributed by atoms with Gasteiger partial charge in [-0.1, -0.05) is 29.3 Å². The average molecular weight is 461 g/mol. The predicted molar refractivity (Wildman–Crippen MR) is 122 cm³/mol. The molecule has 0 fully saturated rings. The fraction of sp³-hybridized carbons (Fsp3) is 0.261. The highest BCUT2D eigenvalue weighted by Gasteiger charge is 2.23. The molecule has 1 N–H and O–H groups in total. The number of aromatic nitrogens is 2. The predicted octanol–water partition coefficient (Wildman–Crippen LogP) is 5.31. The Labute approximate surface area is 190 Å². The average Bonchev–Trinajstić information content (AvgIpc) is 2.68. The first-order valence-corrected chi connectivity index (χ1v) is 10.5. The lowest BCUT2D eigenvalue weighted by Gasteiger charge is -2.20. The van der Waals surface area contributed by atoms with E-state index in [4.69, 9.17) is 27.9 Å². The second-order valence-electron chi connectivity index (χ2n) is 7.21. The molecule has 31 heavy (non-hydrogen) atoms. The highest BCUT2D eigenvalue weighted by Crippen LogP contribution is 2.33. The molecule has 162 valence electrons. The molecule has 0 saturated carbocycles. The number of hydrogen-bond donors (Lipinski definition) is 1. The van der Waals surface area contributed by atoms with Gasteiger partial charge in [-0.2, -0.15) is 0 Å². The first-order chi connectivity index (χ1) is 14.7. The number of carbonyl (C=O) groups is 1. The van der Waals surface area contributed by atoms with Crippen LogP contribution in [0.25, 0.3) is 11.3 Å². The van der Waals surface area contributed by atoms with Crippen LogP contribution >= 0.6 is 23.2 Å². The van der Waals surface area contributed by atoms with Crippen LogP contribution in [0.2, 0.25) is 10.2 Å². The molecule has 0 aliphatic rings. The van der Waals surface area contributed by atoms with Crippen LogP contribution in [-0.4, -0.2) is 26.7 Å². The molecule has 0 amide bonds. The van der Waals surface area contributed by atoms with E-state index in [0.29, 0.717) is 45.8 Å². The third-order valence-corrected chi connectivity index (χ3v) is 5.14. The first kappa shape index (κ1) is 22.8. The Morgan fingerprint density at radius 1 is 1.19 bits per heavy atom. The van der Waals surface area contributed by atoms with Crippen molar-refractivity contribution < 1.29 is 14.6 Å².